The van der Waals surface area contributed by atoms with Gasteiger partial charge >= 0.3 is 0 Å². The third-order valence-electron chi connectivity index (χ3n) is 3.52. The highest BCUT2D eigenvalue weighted by atomic mass is 32.1. The number of hydrogen-bond donors (Lipinski definition) is 0. The Hall–Kier alpha value is -1.94. The third-order valence-corrected chi connectivity index (χ3v) is 6.79. The Balaban J connectivity index is 1.76. The fourth-order valence-electron chi connectivity index (χ4n) is 2.42. The van der Waals surface area contributed by atoms with Crippen LogP contribution in [0.15, 0.2) is 71.4 Å². The molecule has 112 valence electrons. The van der Waals surface area contributed by atoms with Crippen molar-refractivity contribution >= 4 is 46.2 Å². The molecule has 0 aliphatic heterocycles. The highest BCUT2D eigenvalue weighted by molar-refractivity contribution is 7.26. The van der Waals surface area contributed by atoms with Crippen molar-refractivity contribution in [3.05, 3.63) is 82.6 Å². The topological polar surface area (TPSA) is 0 Å². The Morgan fingerprint density at radius 1 is 0.652 bits per heavy atom. The number of thiophene rings is 3. The normalized spacial score (nSPS) is 11.3. The smallest absolute Gasteiger partial charge is 0.0521 e. The summed E-state index contributed by atoms with van der Waals surface area (Å²) in [6, 6.07) is 21.4. The van der Waals surface area contributed by atoms with Crippen LogP contribution in [0.4, 0.5) is 0 Å². The van der Waals surface area contributed by atoms with Crippen molar-refractivity contribution in [2.24, 2.45) is 0 Å². The lowest BCUT2D eigenvalue weighted by atomic mass is 10.1. The SMILES string of the molecule is C(=Cc1cc(-c2cccs2)sc1-c1cccs1)c1ccccc1. The molecule has 4 aromatic rings. The van der Waals surface area contributed by atoms with E-state index < -0.39 is 0 Å². The summed E-state index contributed by atoms with van der Waals surface area (Å²) in [5.41, 5.74) is 2.53. The van der Waals surface area contributed by atoms with Crippen LogP contribution in [-0.2, 0) is 0 Å². The van der Waals surface area contributed by atoms with Gasteiger partial charge in [0.25, 0.3) is 0 Å². The van der Waals surface area contributed by atoms with Crippen LogP contribution in [0, 0.1) is 0 Å². The second kappa shape index (κ2) is 6.67. The first-order chi connectivity index (χ1) is 11.4. The van der Waals surface area contributed by atoms with Gasteiger partial charge in [0.1, 0.15) is 0 Å². The highest BCUT2D eigenvalue weighted by Gasteiger charge is 2.12. The van der Waals surface area contributed by atoms with E-state index in [9.17, 15) is 0 Å². The van der Waals surface area contributed by atoms with Gasteiger partial charge in [0.2, 0.25) is 0 Å². The Labute approximate surface area is 148 Å². The second-order valence-corrected chi connectivity index (χ2v) is 8.04. The zero-order valence-electron chi connectivity index (χ0n) is 12.3. The average molecular weight is 351 g/mol. The van der Waals surface area contributed by atoms with Crippen molar-refractivity contribution in [1.82, 2.24) is 0 Å². The molecule has 3 heterocycles. The van der Waals surface area contributed by atoms with Gasteiger partial charge in [0.05, 0.1) is 4.88 Å². The van der Waals surface area contributed by atoms with E-state index in [-0.39, 0.29) is 0 Å². The van der Waals surface area contributed by atoms with Gasteiger partial charge in [-0.25, -0.2) is 0 Å². The largest absolute Gasteiger partial charge is 0.143 e. The van der Waals surface area contributed by atoms with Gasteiger partial charge < -0.3 is 0 Å². The maximum Gasteiger partial charge on any atom is 0.0521 e. The summed E-state index contributed by atoms with van der Waals surface area (Å²) < 4.78 is 0. The summed E-state index contributed by atoms with van der Waals surface area (Å²) in [5, 5.41) is 4.28. The molecule has 0 atom stereocenters. The van der Waals surface area contributed by atoms with Crippen LogP contribution in [0.3, 0.4) is 0 Å². The van der Waals surface area contributed by atoms with Crippen LogP contribution < -0.4 is 0 Å². The van der Waals surface area contributed by atoms with Crippen LogP contribution >= 0.6 is 34.0 Å². The molecule has 4 rings (SSSR count). The molecular formula is C20H14S3. The lowest BCUT2D eigenvalue weighted by molar-refractivity contribution is 1.66. The Kier molecular flexibility index (Phi) is 4.24. The lowest BCUT2D eigenvalue weighted by Crippen LogP contribution is -1.72. The van der Waals surface area contributed by atoms with E-state index >= 15 is 0 Å². The molecule has 0 aliphatic carbocycles. The Bertz CT molecular complexity index is 895. The van der Waals surface area contributed by atoms with Crippen LogP contribution in [-0.4, -0.2) is 0 Å². The van der Waals surface area contributed by atoms with Crippen LogP contribution in [0.25, 0.3) is 31.7 Å². The zero-order valence-corrected chi connectivity index (χ0v) is 14.8. The van der Waals surface area contributed by atoms with E-state index in [0.717, 1.165) is 0 Å². The number of rotatable bonds is 4. The predicted octanol–water partition coefficient (Wildman–Crippen LogP) is 7.38. The van der Waals surface area contributed by atoms with Gasteiger partial charge in [-0.2, -0.15) is 0 Å². The average Bonchev–Trinajstić information content (AvgIpc) is 3.33. The van der Waals surface area contributed by atoms with E-state index in [4.69, 9.17) is 0 Å². The molecule has 0 fully saturated rings. The standard InChI is InChI=1S/C20H14S3/c1-2-6-15(7-3-1)10-11-16-14-19(17-8-4-12-21-17)23-20(16)18-9-5-13-22-18/h1-14H. The maximum atomic E-state index is 2.31. The van der Waals surface area contributed by atoms with Crippen molar-refractivity contribution in [1.29, 1.82) is 0 Å². The maximum absolute atomic E-state index is 2.31. The fourth-order valence-corrected chi connectivity index (χ4v) is 5.27. The molecule has 1 aromatic carbocycles. The molecule has 0 bridgehead atoms. The van der Waals surface area contributed by atoms with Crippen LogP contribution in [0.2, 0.25) is 0 Å². The van der Waals surface area contributed by atoms with E-state index in [0.29, 0.717) is 0 Å². The molecule has 0 N–H and O–H groups in total. The minimum atomic E-state index is 1.23. The van der Waals surface area contributed by atoms with E-state index in [2.05, 4.69) is 77.5 Å². The summed E-state index contributed by atoms with van der Waals surface area (Å²) in [6.45, 7) is 0. The minimum Gasteiger partial charge on any atom is -0.143 e. The highest BCUT2D eigenvalue weighted by Crippen LogP contribution is 2.42. The predicted molar refractivity (Wildman–Crippen MR) is 106 cm³/mol. The summed E-state index contributed by atoms with van der Waals surface area (Å²) in [5.74, 6) is 0. The quantitative estimate of drug-likeness (QED) is 0.360. The zero-order chi connectivity index (χ0) is 15.5. The monoisotopic (exact) mass is 350 g/mol. The molecule has 0 saturated heterocycles. The molecule has 3 aromatic heterocycles. The van der Waals surface area contributed by atoms with Gasteiger partial charge in [-0.05, 0) is 40.1 Å². The molecule has 0 spiro atoms. The summed E-state index contributed by atoms with van der Waals surface area (Å²) in [6.07, 6.45) is 4.43. The second-order valence-electron chi connectivity index (χ2n) is 5.09. The van der Waals surface area contributed by atoms with Crippen molar-refractivity contribution in [2.75, 3.05) is 0 Å². The van der Waals surface area contributed by atoms with Crippen molar-refractivity contribution in [2.45, 2.75) is 0 Å². The summed E-state index contributed by atoms with van der Waals surface area (Å²) in [4.78, 5) is 5.38. The van der Waals surface area contributed by atoms with Crippen molar-refractivity contribution in [3.8, 4) is 19.5 Å². The van der Waals surface area contributed by atoms with Crippen molar-refractivity contribution in [3.63, 3.8) is 0 Å². The first kappa shape index (κ1) is 14.6. The molecule has 0 nitrogen and oxygen atoms in total. The summed E-state index contributed by atoms with van der Waals surface area (Å²) in [7, 11) is 0. The van der Waals surface area contributed by atoms with Crippen LogP contribution in [0.1, 0.15) is 11.1 Å². The molecule has 0 radical (unpaired) electrons. The molecule has 23 heavy (non-hydrogen) atoms. The first-order valence-electron chi connectivity index (χ1n) is 7.35. The molecule has 0 amide bonds. The van der Waals surface area contributed by atoms with Gasteiger partial charge in [-0.15, -0.1) is 34.0 Å². The van der Waals surface area contributed by atoms with Gasteiger partial charge in [0.15, 0.2) is 0 Å². The van der Waals surface area contributed by atoms with Gasteiger partial charge in [-0.3, -0.25) is 0 Å². The molecule has 3 heteroatoms. The number of benzene rings is 1. The van der Waals surface area contributed by atoms with Crippen molar-refractivity contribution < 1.29 is 0 Å². The Morgan fingerprint density at radius 3 is 2.09 bits per heavy atom. The van der Waals surface area contributed by atoms with Gasteiger partial charge in [0, 0.05) is 14.6 Å². The fraction of sp³-hybridized carbons (Fsp3) is 0. The molecular weight excluding hydrogens is 336 g/mol. The molecule has 0 unspecified atom stereocenters. The molecule has 0 saturated carbocycles. The number of hydrogen-bond acceptors (Lipinski definition) is 3. The Morgan fingerprint density at radius 2 is 1.39 bits per heavy atom. The minimum absolute atomic E-state index is 1.23. The molecule has 0 aliphatic rings. The van der Waals surface area contributed by atoms with E-state index in [1.807, 2.05) is 17.4 Å². The van der Waals surface area contributed by atoms with Gasteiger partial charge in [-0.1, -0.05) is 54.6 Å². The lowest BCUT2D eigenvalue weighted by Gasteiger charge is -1.96. The van der Waals surface area contributed by atoms with E-state index in [1.165, 1.54) is 30.6 Å². The third kappa shape index (κ3) is 3.22. The van der Waals surface area contributed by atoms with Crippen LogP contribution in [0.5, 0.6) is 0 Å². The summed E-state index contributed by atoms with van der Waals surface area (Å²) >= 11 is 5.48. The van der Waals surface area contributed by atoms with E-state index in [1.54, 1.807) is 22.7 Å². The first-order valence-corrected chi connectivity index (χ1v) is 9.92.